The Labute approximate surface area is 229 Å². The molecule has 6 heteroatoms. The molecule has 0 aromatic carbocycles. The van der Waals surface area contributed by atoms with Crippen LogP contribution in [-0.4, -0.2) is 24.5 Å². The van der Waals surface area contributed by atoms with E-state index >= 15 is 0 Å². The van der Waals surface area contributed by atoms with Gasteiger partial charge in [0.15, 0.2) is 0 Å². The Morgan fingerprint density at radius 2 is 0.594 bits per heavy atom. The van der Waals surface area contributed by atoms with Crippen LogP contribution in [0.15, 0.2) is 0 Å². The van der Waals surface area contributed by atoms with Crippen LogP contribution in [0.2, 0.25) is 0 Å². The SMILES string of the molecule is O=S(=O)([O-])CCCCCCCCCCCCCCCCCCCCCCCCCCS.[Na+]. The molecule has 0 amide bonds. The molecule has 0 saturated carbocycles. The van der Waals surface area contributed by atoms with Crippen molar-refractivity contribution < 1.29 is 42.5 Å². The van der Waals surface area contributed by atoms with Crippen molar-refractivity contribution >= 4 is 22.7 Å². The minimum absolute atomic E-state index is 0. The molecule has 0 aliphatic carbocycles. The van der Waals surface area contributed by atoms with E-state index in [1.807, 2.05) is 0 Å². The van der Waals surface area contributed by atoms with E-state index in [0.29, 0.717) is 6.42 Å². The molecule has 0 radical (unpaired) electrons. The van der Waals surface area contributed by atoms with Crippen LogP contribution in [0.25, 0.3) is 0 Å². The summed E-state index contributed by atoms with van der Waals surface area (Å²) < 4.78 is 31.5. The van der Waals surface area contributed by atoms with Gasteiger partial charge in [-0.15, -0.1) is 0 Å². The molecule has 0 rings (SSSR count). The molecule has 0 aromatic rings. The summed E-state index contributed by atoms with van der Waals surface area (Å²) in [6, 6.07) is 0. The fourth-order valence-corrected chi connectivity index (χ4v) is 5.06. The van der Waals surface area contributed by atoms with E-state index in [0.717, 1.165) is 18.6 Å². The van der Waals surface area contributed by atoms with Crippen molar-refractivity contribution in [1.82, 2.24) is 0 Å². The van der Waals surface area contributed by atoms with Crippen molar-refractivity contribution in [3.8, 4) is 0 Å². The van der Waals surface area contributed by atoms with E-state index in [1.54, 1.807) is 0 Å². The van der Waals surface area contributed by atoms with Crippen LogP contribution in [0, 0.1) is 0 Å². The third-order valence-electron chi connectivity index (χ3n) is 6.30. The minimum atomic E-state index is -4.00. The van der Waals surface area contributed by atoms with E-state index in [4.69, 9.17) is 0 Å². The van der Waals surface area contributed by atoms with Crippen LogP contribution in [0.3, 0.4) is 0 Å². The fourth-order valence-electron chi connectivity index (χ4n) is 4.28. The summed E-state index contributed by atoms with van der Waals surface area (Å²) in [5.74, 6) is 0.859. The number of rotatable bonds is 26. The van der Waals surface area contributed by atoms with Gasteiger partial charge in [0, 0.05) is 5.75 Å². The first-order valence-electron chi connectivity index (χ1n) is 13.6. The molecule has 32 heavy (non-hydrogen) atoms. The van der Waals surface area contributed by atoms with Gasteiger partial charge in [0.25, 0.3) is 0 Å². The monoisotopic (exact) mass is 500 g/mol. The van der Waals surface area contributed by atoms with Gasteiger partial charge < -0.3 is 4.55 Å². The predicted molar refractivity (Wildman–Crippen MR) is 139 cm³/mol. The van der Waals surface area contributed by atoms with Gasteiger partial charge in [0.2, 0.25) is 0 Å². The first-order chi connectivity index (χ1) is 15.1. The molecule has 0 saturated heterocycles. The van der Waals surface area contributed by atoms with Crippen LogP contribution < -0.4 is 29.6 Å². The molecule has 0 aliphatic rings. The Hall–Kier alpha value is 1.26. The van der Waals surface area contributed by atoms with Gasteiger partial charge in [-0.1, -0.05) is 141 Å². The number of hydrogen-bond donors (Lipinski definition) is 1. The fraction of sp³-hybridized carbons (Fsp3) is 1.00. The molecule has 0 bridgehead atoms. The second-order valence-electron chi connectivity index (χ2n) is 9.47. The maximum absolute atomic E-state index is 10.5. The Balaban J connectivity index is 0. The second kappa shape index (κ2) is 28.5. The van der Waals surface area contributed by atoms with Crippen molar-refractivity contribution in [2.75, 3.05) is 11.5 Å². The van der Waals surface area contributed by atoms with Gasteiger partial charge in [-0.25, -0.2) is 8.42 Å². The van der Waals surface area contributed by atoms with Gasteiger partial charge in [0.1, 0.15) is 0 Å². The zero-order chi connectivity index (χ0) is 22.9. The molecule has 0 spiro atoms. The van der Waals surface area contributed by atoms with Gasteiger partial charge >= 0.3 is 29.6 Å². The van der Waals surface area contributed by atoms with Crippen molar-refractivity contribution in [2.45, 2.75) is 154 Å². The summed E-state index contributed by atoms with van der Waals surface area (Å²) >= 11 is 4.26. The minimum Gasteiger partial charge on any atom is -0.748 e. The standard InChI is InChI=1S/C26H54O3S2.Na/c27-31(28,29)26-24-22-20-18-16-14-12-10-8-6-4-2-1-3-5-7-9-11-13-15-17-19-21-23-25-30;/h30H,1-26H2,(H,27,28,29);/q;+1/p-1. The summed E-state index contributed by atoms with van der Waals surface area (Å²) in [7, 11) is -4.00. The molecule has 0 aromatic heterocycles. The van der Waals surface area contributed by atoms with E-state index in [2.05, 4.69) is 12.6 Å². The predicted octanol–water partition coefficient (Wildman–Crippen LogP) is 5.83. The molecule has 0 fully saturated rings. The molecular weight excluding hydrogens is 447 g/mol. The number of thiol groups is 1. The Morgan fingerprint density at radius 1 is 0.406 bits per heavy atom. The van der Waals surface area contributed by atoms with Crippen molar-refractivity contribution in [3.05, 3.63) is 0 Å². The maximum Gasteiger partial charge on any atom is 1.00 e. The normalized spacial score (nSPS) is 11.6. The van der Waals surface area contributed by atoms with Crippen molar-refractivity contribution in [1.29, 1.82) is 0 Å². The first kappa shape index (κ1) is 35.4. The van der Waals surface area contributed by atoms with Gasteiger partial charge in [-0.2, -0.15) is 12.6 Å². The summed E-state index contributed by atoms with van der Waals surface area (Å²) in [6.07, 6.45) is 31.5. The Bertz CT molecular complexity index is 444. The number of hydrogen-bond acceptors (Lipinski definition) is 4. The van der Waals surface area contributed by atoms with Gasteiger partial charge in [0.05, 0.1) is 10.1 Å². The molecule has 0 unspecified atom stereocenters. The van der Waals surface area contributed by atoms with E-state index < -0.39 is 10.1 Å². The molecule has 0 aliphatic heterocycles. The summed E-state index contributed by atoms with van der Waals surface area (Å²) in [5, 5.41) is 0. The summed E-state index contributed by atoms with van der Waals surface area (Å²) in [6.45, 7) is 0. The maximum atomic E-state index is 10.5. The third-order valence-corrected chi connectivity index (χ3v) is 7.41. The van der Waals surface area contributed by atoms with E-state index in [-0.39, 0.29) is 35.3 Å². The van der Waals surface area contributed by atoms with E-state index in [9.17, 15) is 13.0 Å². The summed E-state index contributed by atoms with van der Waals surface area (Å²) in [5.41, 5.74) is 0. The molecule has 0 atom stereocenters. The van der Waals surface area contributed by atoms with Crippen LogP contribution in [0.4, 0.5) is 0 Å². The molecule has 0 heterocycles. The van der Waals surface area contributed by atoms with Crippen LogP contribution in [-0.2, 0) is 10.1 Å². The largest absolute Gasteiger partial charge is 1.00 e. The molecule has 3 nitrogen and oxygen atoms in total. The average Bonchev–Trinajstić information content (AvgIpc) is 2.73. The van der Waals surface area contributed by atoms with Gasteiger partial charge in [-0.05, 0) is 18.6 Å². The second-order valence-corrected chi connectivity index (χ2v) is 11.4. The Kier molecular flexibility index (Phi) is 31.5. The zero-order valence-electron chi connectivity index (χ0n) is 21.5. The molecule has 188 valence electrons. The van der Waals surface area contributed by atoms with Crippen LogP contribution in [0.5, 0.6) is 0 Å². The topological polar surface area (TPSA) is 57.2 Å². The number of unbranched alkanes of at least 4 members (excludes halogenated alkanes) is 23. The summed E-state index contributed by atoms with van der Waals surface area (Å²) in [4.78, 5) is 0. The van der Waals surface area contributed by atoms with Crippen molar-refractivity contribution in [3.63, 3.8) is 0 Å². The van der Waals surface area contributed by atoms with Crippen LogP contribution in [0.1, 0.15) is 154 Å². The first-order valence-corrected chi connectivity index (χ1v) is 15.8. The third kappa shape index (κ3) is 33.4. The van der Waals surface area contributed by atoms with Crippen LogP contribution >= 0.6 is 12.6 Å². The smallest absolute Gasteiger partial charge is 0.748 e. The molecule has 0 N–H and O–H groups in total. The average molecular weight is 501 g/mol. The van der Waals surface area contributed by atoms with Gasteiger partial charge in [-0.3, -0.25) is 0 Å². The quantitative estimate of drug-likeness (QED) is 0.0704. The zero-order valence-corrected chi connectivity index (χ0v) is 25.2. The van der Waals surface area contributed by atoms with Crippen molar-refractivity contribution in [2.24, 2.45) is 0 Å². The molecular formula is C26H53NaO3S2. The Morgan fingerprint density at radius 3 is 0.781 bits per heavy atom. The van der Waals surface area contributed by atoms with E-state index in [1.165, 1.54) is 135 Å².